The Morgan fingerprint density at radius 3 is 2.32 bits per heavy atom. The van der Waals surface area contributed by atoms with Gasteiger partial charge in [-0.1, -0.05) is 13.8 Å². The number of nitrogens with zero attached hydrogens (tertiary/aromatic N) is 2. The zero-order valence-corrected chi connectivity index (χ0v) is 14.1. The average Bonchev–Trinajstić information content (AvgIpc) is 2.56. The van der Waals surface area contributed by atoms with Crippen LogP contribution in [0, 0.1) is 5.92 Å². The summed E-state index contributed by atoms with van der Waals surface area (Å²) in [5, 5.41) is 6.84. The maximum atomic E-state index is 10.6. The number of carbonyl (C=O) groups is 1. The van der Waals surface area contributed by atoms with Crippen molar-refractivity contribution in [3.05, 3.63) is 18.0 Å². The van der Waals surface area contributed by atoms with E-state index in [0.717, 1.165) is 38.8 Å². The molecular formula is C16H28N4O2. The molecule has 124 valence electrons. The van der Waals surface area contributed by atoms with Crippen LogP contribution in [-0.2, 0) is 4.74 Å². The summed E-state index contributed by atoms with van der Waals surface area (Å²) in [4.78, 5) is 19.0. The zero-order valence-electron chi connectivity index (χ0n) is 14.1. The fourth-order valence-electron chi connectivity index (χ4n) is 2.41. The largest absolute Gasteiger partial charge is 0.385 e. The Hall–Kier alpha value is -1.53. The summed E-state index contributed by atoms with van der Waals surface area (Å²) in [6.45, 7) is 9.24. The minimum atomic E-state index is 0.0495. The van der Waals surface area contributed by atoms with Crippen LogP contribution in [0.3, 0.4) is 0 Å². The van der Waals surface area contributed by atoms with Crippen LogP contribution in [0.4, 0.5) is 5.95 Å². The van der Waals surface area contributed by atoms with Crippen LogP contribution in [0.2, 0.25) is 0 Å². The van der Waals surface area contributed by atoms with Crippen LogP contribution < -0.4 is 10.6 Å². The second kappa shape index (κ2) is 9.48. The molecule has 6 heteroatoms. The first-order chi connectivity index (χ1) is 10.6. The maximum Gasteiger partial charge on any atom is 0.223 e. The van der Waals surface area contributed by atoms with E-state index < -0.39 is 0 Å². The average molecular weight is 308 g/mol. The number of ether oxygens (including phenoxy) is 1. The van der Waals surface area contributed by atoms with Gasteiger partial charge in [-0.2, -0.15) is 0 Å². The van der Waals surface area contributed by atoms with Crippen molar-refractivity contribution in [3.63, 3.8) is 0 Å². The highest BCUT2D eigenvalue weighted by Gasteiger charge is 2.35. The third-order valence-electron chi connectivity index (χ3n) is 4.06. The summed E-state index contributed by atoms with van der Waals surface area (Å²) in [5.74, 6) is 1.12. The van der Waals surface area contributed by atoms with Gasteiger partial charge in [-0.3, -0.25) is 4.79 Å². The second-order valence-electron chi connectivity index (χ2n) is 5.72. The molecule has 0 saturated carbocycles. The molecule has 0 aliphatic carbocycles. The number of carbonyl (C=O) groups excluding carboxylic acids is 1. The number of rotatable bonds is 5. The molecule has 0 amide bonds. The highest BCUT2D eigenvalue weighted by molar-refractivity contribution is 5.73. The fraction of sp³-hybridized carbons (Fsp3) is 0.688. The molecule has 1 saturated heterocycles. The van der Waals surface area contributed by atoms with Gasteiger partial charge in [-0.15, -0.1) is 0 Å². The smallest absolute Gasteiger partial charge is 0.223 e. The number of piperidine rings is 1. The van der Waals surface area contributed by atoms with Crippen LogP contribution in [0.15, 0.2) is 12.4 Å². The first kappa shape index (κ1) is 18.5. The first-order valence-electron chi connectivity index (χ1n) is 7.83. The van der Waals surface area contributed by atoms with Gasteiger partial charge in [0.15, 0.2) is 6.29 Å². The van der Waals surface area contributed by atoms with E-state index in [1.165, 1.54) is 0 Å². The van der Waals surface area contributed by atoms with E-state index in [9.17, 15) is 4.79 Å². The maximum absolute atomic E-state index is 10.6. The number of nitrogens with one attached hydrogen (secondary N) is 2. The third-order valence-corrected chi connectivity index (χ3v) is 4.06. The summed E-state index contributed by atoms with van der Waals surface area (Å²) in [5.41, 5.74) is 0.554. The Labute approximate surface area is 133 Å². The normalized spacial score (nSPS) is 16.6. The molecule has 2 rings (SSSR count). The molecule has 1 fully saturated rings. The summed E-state index contributed by atoms with van der Waals surface area (Å²) in [6, 6.07) is 0. The van der Waals surface area contributed by atoms with Crippen LogP contribution in [0.5, 0.6) is 0 Å². The van der Waals surface area contributed by atoms with Crippen molar-refractivity contribution in [2.24, 2.45) is 5.92 Å². The van der Waals surface area contributed by atoms with Gasteiger partial charge in [-0.25, -0.2) is 9.97 Å². The zero-order chi connectivity index (χ0) is 16.4. The Bertz CT molecular complexity index is 426. The van der Waals surface area contributed by atoms with E-state index in [1.807, 2.05) is 6.92 Å². The molecule has 2 N–H and O–H groups in total. The van der Waals surface area contributed by atoms with Gasteiger partial charge in [0.05, 0.1) is 5.56 Å². The summed E-state index contributed by atoms with van der Waals surface area (Å²) >= 11 is 0. The topological polar surface area (TPSA) is 76.1 Å². The number of hydrogen-bond donors (Lipinski definition) is 2. The summed E-state index contributed by atoms with van der Waals surface area (Å²) < 4.78 is 4.54. The molecule has 0 unspecified atom stereocenters. The van der Waals surface area contributed by atoms with Gasteiger partial charge in [0.1, 0.15) is 0 Å². The van der Waals surface area contributed by atoms with Gasteiger partial charge < -0.3 is 15.4 Å². The Balaban J connectivity index is 0.000000541. The number of anilines is 1. The van der Waals surface area contributed by atoms with E-state index in [4.69, 9.17) is 0 Å². The Morgan fingerprint density at radius 1 is 1.36 bits per heavy atom. The van der Waals surface area contributed by atoms with Crippen LogP contribution >= 0.6 is 0 Å². The Morgan fingerprint density at radius 2 is 1.91 bits per heavy atom. The Kier molecular flexibility index (Phi) is 7.98. The van der Waals surface area contributed by atoms with Crippen molar-refractivity contribution in [1.29, 1.82) is 0 Å². The highest BCUT2D eigenvalue weighted by Crippen LogP contribution is 2.30. The summed E-state index contributed by atoms with van der Waals surface area (Å²) in [6.07, 6.45) is 5.98. The van der Waals surface area contributed by atoms with Crippen molar-refractivity contribution >= 4 is 12.2 Å². The lowest BCUT2D eigenvalue weighted by Gasteiger charge is -2.42. The number of aldehydes is 1. The lowest BCUT2D eigenvalue weighted by atomic mass is 9.78. The van der Waals surface area contributed by atoms with Crippen LogP contribution in [0.1, 0.15) is 44.0 Å². The van der Waals surface area contributed by atoms with Crippen LogP contribution in [-0.4, -0.2) is 48.6 Å². The molecule has 1 aliphatic rings. The molecule has 0 aromatic carbocycles. The molecule has 6 nitrogen and oxygen atoms in total. The molecule has 22 heavy (non-hydrogen) atoms. The highest BCUT2D eigenvalue weighted by atomic mass is 16.5. The number of hydrogen-bond acceptors (Lipinski definition) is 6. The van der Waals surface area contributed by atoms with Gasteiger partial charge in [-0.05, 0) is 38.8 Å². The third kappa shape index (κ3) is 5.35. The van der Waals surface area contributed by atoms with Crippen molar-refractivity contribution in [3.8, 4) is 0 Å². The van der Waals surface area contributed by atoms with Crippen molar-refractivity contribution in [2.45, 2.75) is 39.2 Å². The second-order valence-corrected chi connectivity index (χ2v) is 5.72. The lowest BCUT2D eigenvalue weighted by molar-refractivity contribution is 0.112. The minimum absolute atomic E-state index is 0.0495. The van der Waals surface area contributed by atoms with Crippen LogP contribution in [0.25, 0.3) is 0 Å². The standard InChI is InChI=1S/C13H20N4O.C3H8O/c1-10(2)13(3-5-14-6-4-13)17-12-15-7-11(9-18)8-16-12;1-3-4-2/h7-10,14H,3-6H2,1-2H3,(H,15,16,17);3H2,1-2H3. The molecular weight excluding hydrogens is 280 g/mol. The van der Waals surface area contributed by atoms with Gasteiger partial charge in [0, 0.05) is 31.6 Å². The number of methoxy groups -OCH3 is 1. The minimum Gasteiger partial charge on any atom is -0.385 e. The molecule has 2 heterocycles. The molecule has 0 bridgehead atoms. The van der Waals surface area contributed by atoms with E-state index in [-0.39, 0.29) is 5.54 Å². The molecule has 0 radical (unpaired) electrons. The predicted molar refractivity (Wildman–Crippen MR) is 88.3 cm³/mol. The molecule has 1 aliphatic heterocycles. The monoisotopic (exact) mass is 308 g/mol. The van der Waals surface area contributed by atoms with E-state index in [2.05, 4.69) is 39.2 Å². The molecule has 1 aromatic rings. The van der Waals surface area contributed by atoms with E-state index in [0.29, 0.717) is 17.4 Å². The molecule has 0 atom stereocenters. The van der Waals surface area contributed by atoms with Crippen molar-refractivity contribution < 1.29 is 9.53 Å². The van der Waals surface area contributed by atoms with Crippen molar-refractivity contribution in [1.82, 2.24) is 15.3 Å². The summed E-state index contributed by atoms with van der Waals surface area (Å²) in [7, 11) is 1.68. The van der Waals surface area contributed by atoms with Gasteiger partial charge in [0.25, 0.3) is 0 Å². The van der Waals surface area contributed by atoms with Gasteiger partial charge >= 0.3 is 0 Å². The van der Waals surface area contributed by atoms with E-state index in [1.54, 1.807) is 19.5 Å². The fourth-order valence-corrected chi connectivity index (χ4v) is 2.41. The predicted octanol–water partition coefficient (Wildman–Crippen LogP) is 2.13. The van der Waals surface area contributed by atoms with E-state index >= 15 is 0 Å². The lowest BCUT2D eigenvalue weighted by Crippen LogP contribution is -2.51. The first-order valence-corrected chi connectivity index (χ1v) is 7.83. The van der Waals surface area contributed by atoms with Crippen molar-refractivity contribution in [2.75, 3.05) is 32.1 Å². The number of aromatic nitrogens is 2. The molecule has 0 spiro atoms. The SMILES string of the molecule is CC(C)C1(Nc2ncc(C=O)cn2)CCNCC1.CCOC. The quantitative estimate of drug-likeness (QED) is 0.812. The molecule has 1 aromatic heterocycles. The van der Waals surface area contributed by atoms with Gasteiger partial charge in [0.2, 0.25) is 5.95 Å².